The highest BCUT2D eigenvalue weighted by Crippen LogP contribution is 2.30. The van der Waals surface area contributed by atoms with Crippen LogP contribution in [-0.2, 0) is 17.0 Å². The maximum atomic E-state index is 10.7. The van der Waals surface area contributed by atoms with E-state index in [0.717, 1.165) is 26.4 Å². The highest BCUT2D eigenvalue weighted by atomic mass is 32.2. The van der Waals surface area contributed by atoms with Crippen LogP contribution in [0.3, 0.4) is 0 Å². The van der Waals surface area contributed by atoms with E-state index in [9.17, 15) is 4.79 Å². The number of rotatable bonds is 5. The Morgan fingerprint density at radius 3 is 2.94 bits per heavy atom. The molecule has 0 aromatic carbocycles. The summed E-state index contributed by atoms with van der Waals surface area (Å²) < 4.78 is 5.98. The zero-order valence-electron chi connectivity index (χ0n) is 9.97. The van der Waals surface area contributed by atoms with Crippen LogP contribution in [0, 0.1) is 13.8 Å². The van der Waals surface area contributed by atoms with E-state index in [0.29, 0.717) is 5.75 Å². The summed E-state index contributed by atoms with van der Waals surface area (Å²) in [5, 5.41) is 8.77. The molecule has 2 heterocycles. The summed E-state index contributed by atoms with van der Waals surface area (Å²) >= 11 is 2.97. The Morgan fingerprint density at radius 1 is 1.56 bits per heavy atom. The Bertz CT molecular complexity index is 562. The van der Waals surface area contributed by atoms with Crippen LogP contribution in [0.4, 0.5) is 0 Å². The average Bonchev–Trinajstić information content (AvgIpc) is 2.83. The summed E-state index contributed by atoms with van der Waals surface area (Å²) in [6, 6.07) is 0. The molecule has 0 amide bonds. The Hall–Kier alpha value is -1.34. The molecular formula is C11H12N2O3S2. The second-order valence-electron chi connectivity index (χ2n) is 3.70. The highest BCUT2D eigenvalue weighted by Gasteiger charge is 2.12. The van der Waals surface area contributed by atoms with Gasteiger partial charge in [0.1, 0.15) is 5.76 Å². The lowest BCUT2D eigenvalue weighted by Crippen LogP contribution is -1.99. The minimum Gasteiger partial charge on any atom is -0.481 e. The molecule has 0 saturated carbocycles. The van der Waals surface area contributed by atoms with Crippen molar-refractivity contribution in [3.8, 4) is 0 Å². The standard InChI is InChI=1S/C11H12N2O3S2/c1-6-9(3-10(14)15)18-11(13-6)17-4-8-7(2)16-5-12-8/h5H,3-4H2,1-2H3,(H,14,15). The Kier molecular flexibility index (Phi) is 4.03. The van der Waals surface area contributed by atoms with E-state index in [4.69, 9.17) is 9.52 Å². The van der Waals surface area contributed by atoms with E-state index in [-0.39, 0.29) is 6.42 Å². The van der Waals surface area contributed by atoms with Crippen LogP contribution in [0.25, 0.3) is 0 Å². The zero-order valence-corrected chi connectivity index (χ0v) is 11.6. The number of nitrogens with zero attached hydrogens (tertiary/aromatic N) is 2. The van der Waals surface area contributed by atoms with E-state index in [2.05, 4.69) is 9.97 Å². The number of oxazole rings is 1. The molecule has 0 radical (unpaired) electrons. The lowest BCUT2D eigenvalue weighted by molar-refractivity contribution is -0.136. The monoisotopic (exact) mass is 284 g/mol. The maximum Gasteiger partial charge on any atom is 0.308 e. The quantitative estimate of drug-likeness (QED) is 0.851. The molecular weight excluding hydrogens is 272 g/mol. The Balaban J connectivity index is 2.02. The molecule has 0 saturated heterocycles. The number of aliphatic carboxylic acids is 1. The van der Waals surface area contributed by atoms with Gasteiger partial charge in [-0.05, 0) is 13.8 Å². The SMILES string of the molecule is Cc1nc(SCc2ncoc2C)sc1CC(=O)O. The van der Waals surface area contributed by atoms with Crippen molar-refractivity contribution >= 4 is 29.1 Å². The summed E-state index contributed by atoms with van der Waals surface area (Å²) in [7, 11) is 0. The van der Waals surface area contributed by atoms with Crippen molar-refractivity contribution in [3.63, 3.8) is 0 Å². The fourth-order valence-corrected chi connectivity index (χ4v) is 3.60. The van der Waals surface area contributed by atoms with Gasteiger partial charge >= 0.3 is 5.97 Å². The smallest absolute Gasteiger partial charge is 0.308 e. The van der Waals surface area contributed by atoms with Crippen molar-refractivity contribution in [1.29, 1.82) is 0 Å². The van der Waals surface area contributed by atoms with Crippen LogP contribution in [0.2, 0.25) is 0 Å². The molecule has 0 aliphatic carbocycles. The topological polar surface area (TPSA) is 76.2 Å². The summed E-state index contributed by atoms with van der Waals surface area (Å²) in [4.78, 5) is 19.9. The number of carboxylic acids is 1. The van der Waals surface area contributed by atoms with E-state index in [1.165, 1.54) is 17.7 Å². The third-order valence-corrected chi connectivity index (χ3v) is 4.67. The minimum atomic E-state index is -0.828. The number of hydrogen-bond acceptors (Lipinski definition) is 6. The fourth-order valence-electron chi connectivity index (χ4n) is 1.36. The number of carbonyl (C=O) groups is 1. The van der Waals surface area contributed by atoms with Gasteiger partial charge in [-0.2, -0.15) is 0 Å². The third kappa shape index (κ3) is 3.11. The number of thioether (sulfide) groups is 1. The van der Waals surface area contributed by atoms with Crippen LogP contribution in [-0.4, -0.2) is 21.0 Å². The van der Waals surface area contributed by atoms with Gasteiger partial charge in [-0.15, -0.1) is 11.3 Å². The molecule has 7 heteroatoms. The van der Waals surface area contributed by atoms with Gasteiger partial charge in [0.15, 0.2) is 10.7 Å². The van der Waals surface area contributed by atoms with Gasteiger partial charge in [-0.25, -0.2) is 9.97 Å². The minimum absolute atomic E-state index is 0.0348. The molecule has 1 N–H and O–H groups in total. The third-order valence-electron chi connectivity index (χ3n) is 2.36. The van der Waals surface area contributed by atoms with Gasteiger partial charge in [0.25, 0.3) is 0 Å². The molecule has 0 aliphatic heterocycles. The van der Waals surface area contributed by atoms with E-state index >= 15 is 0 Å². The molecule has 0 fully saturated rings. The summed E-state index contributed by atoms with van der Waals surface area (Å²) in [6.07, 6.45) is 1.46. The average molecular weight is 284 g/mol. The summed E-state index contributed by atoms with van der Waals surface area (Å²) in [6.45, 7) is 3.70. The van der Waals surface area contributed by atoms with E-state index in [1.54, 1.807) is 11.8 Å². The lowest BCUT2D eigenvalue weighted by atomic mass is 10.3. The van der Waals surface area contributed by atoms with Crippen molar-refractivity contribution in [2.45, 2.75) is 30.4 Å². The Morgan fingerprint density at radius 2 is 2.33 bits per heavy atom. The maximum absolute atomic E-state index is 10.7. The van der Waals surface area contributed by atoms with Crippen LogP contribution in [0.1, 0.15) is 22.0 Å². The first kappa shape index (κ1) is 13.1. The van der Waals surface area contributed by atoms with Gasteiger partial charge in [0.2, 0.25) is 0 Å². The molecule has 0 spiro atoms. The van der Waals surface area contributed by atoms with Crippen LogP contribution < -0.4 is 0 Å². The molecule has 2 aromatic rings. The number of aryl methyl sites for hydroxylation is 2. The summed E-state index contributed by atoms with van der Waals surface area (Å²) in [5.41, 5.74) is 1.69. The van der Waals surface area contributed by atoms with Crippen LogP contribution >= 0.6 is 23.1 Å². The van der Waals surface area contributed by atoms with E-state index < -0.39 is 5.97 Å². The van der Waals surface area contributed by atoms with Crippen molar-refractivity contribution in [3.05, 3.63) is 28.4 Å². The molecule has 2 rings (SSSR count). The summed E-state index contributed by atoms with van der Waals surface area (Å²) in [5.74, 6) is 0.661. The van der Waals surface area contributed by atoms with Gasteiger partial charge in [0, 0.05) is 10.6 Å². The highest BCUT2D eigenvalue weighted by molar-refractivity contribution is 8.00. The zero-order chi connectivity index (χ0) is 13.1. The van der Waals surface area contributed by atoms with Crippen LogP contribution in [0.5, 0.6) is 0 Å². The second-order valence-corrected chi connectivity index (χ2v) is 6.01. The van der Waals surface area contributed by atoms with Gasteiger partial charge in [-0.3, -0.25) is 4.79 Å². The van der Waals surface area contributed by atoms with Crippen molar-refractivity contribution in [2.24, 2.45) is 0 Å². The van der Waals surface area contributed by atoms with Crippen LogP contribution in [0.15, 0.2) is 15.2 Å². The van der Waals surface area contributed by atoms with Gasteiger partial charge in [-0.1, -0.05) is 11.8 Å². The fraction of sp³-hybridized carbons (Fsp3) is 0.364. The van der Waals surface area contributed by atoms with Crippen molar-refractivity contribution in [1.82, 2.24) is 9.97 Å². The Labute approximate surface area is 112 Å². The number of aromatic nitrogens is 2. The molecule has 0 bridgehead atoms. The molecule has 0 atom stereocenters. The molecule has 5 nitrogen and oxygen atoms in total. The second kappa shape index (κ2) is 5.53. The first-order valence-corrected chi connectivity index (χ1v) is 7.06. The lowest BCUT2D eigenvalue weighted by Gasteiger charge is -1.94. The molecule has 2 aromatic heterocycles. The predicted octanol–water partition coefficient (Wildman–Crippen LogP) is 2.67. The number of thiazole rings is 1. The van der Waals surface area contributed by atoms with Crippen molar-refractivity contribution in [2.75, 3.05) is 0 Å². The first-order valence-electron chi connectivity index (χ1n) is 5.26. The molecule has 18 heavy (non-hydrogen) atoms. The number of carboxylic acid groups (broad SMARTS) is 1. The van der Waals surface area contributed by atoms with E-state index in [1.807, 2.05) is 13.8 Å². The largest absolute Gasteiger partial charge is 0.481 e. The molecule has 96 valence electrons. The molecule has 0 aliphatic rings. The van der Waals surface area contributed by atoms with Gasteiger partial charge in [0.05, 0.1) is 17.8 Å². The van der Waals surface area contributed by atoms with Crippen molar-refractivity contribution < 1.29 is 14.3 Å². The molecule has 0 unspecified atom stereocenters. The first-order chi connectivity index (χ1) is 8.56. The normalized spacial score (nSPS) is 10.8. The predicted molar refractivity (Wildman–Crippen MR) is 69.0 cm³/mol. The van der Waals surface area contributed by atoms with Gasteiger partial charge < -0.3 is 9.52 Å². The number of hydrogen-bond donors (Lipinski definition) is 1.